The van der Waals surface area contributed by atoms with E-state index in [2.05, 4.69) is 29.5 Å². The summed E-state index contributed by atoms with van der Waals surface area (Å²) in [5.74, 6) is 0.840. The molecular weight excluding hydrogens is 303 g/mol. The largest absolute Gasteiger partial charge is 0.430 e. The SMILES string of the molecule is CCCCCCC[C@@H]1C=C(CI)OC1=O. The normalized spacial score (nSPS) is 20.3. The van der Waals surface area contributed by atoms with Crippen LogP contribution in [0.4, 0.5) is 0 Å². The number of cyclic esters (lactones) is 1. The number of hydrogen-bond donors (Lipinski definition) is 0. The van der Waals surface area contributed by atoms with Crippen LogP contribution in [0.2, 0.25) is 0 Å². The molecule has 86 valence electrons. The summed E-state index contributed by atoms with van der Waals surface area (Å²) < 4.78 is 5.92. The fourth-order valence-electron chi connectivity index (χ4n) is 1.77. The van der Waals surface area contributed by atoms with Crippen LogP contribution in [0.3, 0.4) is 0 Å². The maximum Gasteiger partial charge on any atom is 0.318 e. The Hall–Kier alpha value is -0.0600. The third kappa shape index (κ3) is 4.53. The van der Waals surface area contributed by atoms with Gasteiger partial charge >= 0.3 is 5.97 Å². The Morgan fingerprint density at radius 1 is 1.33 bits per heavy atom. The van der Waals surface area contributed by atoms with Crippen LogP contribution in [0.25, 0.3) is 0 Å². The first kappa shape index (κ1) is 13.0. The summed E-state index contributed by atoms with van der Waals surface area (Å²) in [6.07, 6.45) is 9.21. The predicted octanol–water partition coefficient (Wildman–Crippen LogP) is 3.84. The van der Waals surface area contributed by atoms with Gasteiger partial charge in [0.15, 0.2) is 0 Å². The van der Waals surface area contributed by atoms with Crippen molar-refractivity contribution in [1.82, 2.24) is 0 Å². The average molecular weight is 322 g/mol. The molecule has 0 amide bonds. The monoisotopic (exact) mass is 322 g/mol. The molecule has 0 radical (unpaired) electrons. The molecule has 0 saturated carbocycles. The van der Waals surface area contributed by atoms with E-state index in [1.807, 2.05) is 6.08 Å². The van der Waals surface area contributed by atoms with E-state index in [0.717, 1.165) is 23.0 Å². The molecule has 1 heterocycles. The molecule has 1 atom stereocenters. The lowest BCUT2D eigenvalue weighted by Crippen LogP contribution is -2.08. The summed E-state index contributed by atoms with van der Waals surface area (Å²) in [5.41, 5.74) is 0. The van der Waals surface area contributed by atoms with Crippen molar-refractivity contribution in [3.8, 4) is 0 Å². The standard InChI is InChI=1S/C12H19IO2/c1-2-3-4-5-6-7-10-8-11(9-13)15-12(10)14/h8,10H,2-7,9H2,1H3/t10-/m1/s1. The molecule has 1 aliphatic heterocycles. The summed E-state index contributed by atoms with van der Waals surface area (Å²) in [5, 5.41) is 0. The van der Waals surface area contributed by atoms with Gasteiger partial charge in [-0.3, -0.25) is 4.79 Å². The van der Waals surface area contributed by atoms with E-state index in [-0.39, 0.29) is 11.9 Å². The van der Waals surface area contributed by atoms with Crippen LogP contribution < -0.4 is 0 Å². The van der Waals surface area contributed by atoms with Crippen LogP contribution in [-0.2, 0) is 9.53 Å². The number of esters is 1. The van der Waals surface area contributed by atoms with Crippen LogP contribution in [0, 0.1) is 5.92 Å². The van der Waals surface area contributed by atoms with Crippen molar-refractivity contribution in [3.63, 3.8) is 0 Å². The van der Waals surface area contributed by atoms with Gasteiger partial charge in [0.2, 0.25) is 0 Å². The van der Waals surface area contributed by atoms with E-state index >= 15 is 0 Å². The fourth-order valence-corrected chi connectivity index (χ4v) is 2.18. The summed E-state index contributed by atoms with van der Waals surface area (Å²) in [4.78, 5) is 11.4. The lowest BCUT2D eigenvalue weighted by atomic mass is 10.0. The molecule has 3 heteroatoms. The van der Waals surface area contributed by atoms with Gasteiger partial charge in [-0.25, -0.2) is 0 Å². The highest BCUT2D eigenvalue weighted by Gasteiger charge is 2.25. The molecule has 0 saturated heterocycles. The van der Waals surface area contributed by atoms with E-state index in [1.54, 1.807) is 0 Å². The average Bonchev–Trinajstić information content (AvgIpc) is 2.59. The van der Waals surface area contributed by atoms with Crippen LogP contribution in [-0.4, -0.2) is 10.4 Å². The van der Waals surface area contributed by atoms with Gasteiger partial charge in [0.1, 0.15) is 5.76 Å². The number of carbonyl (C=O) groups is 1. The minimum Gasteiger partial charge on any atom is -0.430 e. The van der Waals surface area contributed by atoms with Gasteiger partial charge in [0.25, 0.3) is 0 Å². The van der Waals surface area contributed by atoms with Crippen molar-refractivity contribution in [2.45, 2.75) is 45.4 Å². The highest BCUT2D eigenvalue weighted by Crippen LogP contribution is 2.24. The van der Waals surface area contributed by atoms with Gasteiger partial charge in [0, 0.05) is 0 Å². The zero-order valence-electron chi connectivity index (χ0n) is 9.30. The van der Waals surface area contributed by atoms with Gasteiger partial charge in [-0.2, -0.15) is 0 Å². The predicted molar refractivity (Wildman–Crippen MR) is 69.9 cm³/mol. The maximum atomic E-state index is 11.4. The van der Waals surface area contributed by atoms with Crippen molar-refractivity contribution in [1.29, 1.82) is 0 Å². The van der Waals surface area contributed by atoms with Crippen LogP contribution in [0.1, 0.15) is 45.4 Å². The van der Waals surface area contributed by atoms with Gasteiger partial charge in [-0.15, -0.1) is 0 Å². The number of unbranched alkanes of at least 4 members (excludes halogenated alkanes) is 4. The summed E-state index contributed by atoms with van der Waals surface area (Å²) in [6, 6.07) is 0. The molecule has 15 heavy (non-hydrogen) atoms. The molecule has 2 nitrogen and oxygen atoms in total. The first-order valence-corrected chi connectivity index (χ1v) is 7.28. The number of rotatable bonds is 7. The zero-order valence-corrected chi connectivity index (χ0v) is 11.5. The van der Waals surface area contributed by atoms with Gasteiger partial charge in [-0.05, 0) is 12.5 Å². The molecule has 0 aliphatic carbocycles. The van der Waals surface area contributed by atoms with Gasteiger partial charge in [-0.1, -0.05) is 61.6 Å². The third-order valence-corrected chi connectivity index (χ3v) is 3.42. The second-order valence-electron chi connectivity index (χ2n) is 4.00. The number of ether oxygens (including phenoxy) is 1. The van der Waals surface area contributed by atoms with Crippen LogP contribution >= 0.6 is 22.6 Å². The summed E-state index contributed by atoms with van der Waals surface area (Å²) in [7, 11) is 0. The first-order chi connectivity index (χ1) is 7.27. The maximum absolute atomic E-state index is 11.4. The summed E-state index contributed by atoms with van der Waals surface area (Å²) >= 11 is 2.22. The smallest absolute Gasteiger partial charge is 0.318 e. The Morgan fingerprint density at radius 3 is 2.67 bits per heavy atom. The molecular formula is C12H19IO2. The minimum absolute atomic E-state index is 0.0383. The molecule has 1 aliphatic rings. The zero-order chi connectivity index (χ0) is 11.1. The van der Waals surface area contributed by atoms with Crippen molar-refractivity contribution >= 4 is 28.6 Å². The number of alkyl halides is 1. The van der Waals surface area contributed by atoms with Crippen molar-refractivity contribution in [2.24, 2.45) is 5.92 Å². The lowest BCUT2D eigenvalue weighted by molar-refractivity contribution is -0.140. The Bertz CT molecular complexity index is 236. The third-order valence-electron chi connectivity index (χ3n) is 2.67. The Morgan fingerprint density at radius 2 is 2.07 bits per heavy atom. The van der Waals surface area contributed by atoms with E-state index in [4.69, 9.17) is 4.74 Å². The van der Waals surface area contributed by atoms with Gasteiger partial charge in [0.05, 0.1) is 10.3 Å². The molecule has 0 aromatic heterocycles. The van der Waals surface area contributed by atoms with Crippen LogP contribution in [0.15, 0.2) is 11.8 Å². The summed E-state index contributed by atoms with van der Waals surface area (Å²) in [6.45, 7) is 2.21. The van der Waals surface area contributed by atoms with E-state index in [9.17, 15) is 4.79 Å². The topological polar surface area (TPSA) is 26.3 Å². The minimum atomic E-state index is -0.0443. The number of allylic oxidation sites excluding steroid dienone is 1. The molecule has 0 unspecified atom stereocenters. The van der Waals surface area contributed by atoms with Crippen molar-refractivity contribution in [3.05, 3.63) is 11.8 Å². The Balaban J connectivity index is 2.16. The Labute approximate surface area is 106 Å². The van der Waals surface area contributed by atoms with E-state index in [0.29, 0.717) is 0 Å². The molecule has 0 spiro atoms. The molecule has 0 N–H and O–H groups in total. The van der Waals surface area contributed by atoms with Crippen LogP contribution in [0.5, 0.6) is 0 Å². The molecule has 0 aromatic carbocycles. The molecule has 1 rings (SSSR count). The van der Waals surface area contributed by atoms with Crippen molar-refractivity contribution < 1.29 is 9.53 Å². The lowest BCUT2D eigenvalue weighted by Gasteiger charge is -2.03. The molecule has 0 fully saturated rings. The quantitative estimate of drug-likeness (QED) is 0.308. The number of halogens is 1. The molecule has 0 aromatic rings. The number of carbonyl (C=O) groups excluding carboxylic acids is 1. The fraction of sp³-hybridized carbons (Fsp3) is 0.750. The van der Waals surface area contributed by atoms with Gasteiger partial charge < -0.3 is 4.74 Å². The highest BCUT2D eigenvalue weighted by atomic mass is 127. The first-order valence-electron chi connectivity index (χ1n) is 5.76. The second kappa shape index (κ2) is 7.25. The van der Waals surface area contributed by atoms with Crippen molar-refractivity contribution in [2.75, 3.05) is 4.43 Å². The van der Waals surface area contributed by atoms with E-state index < -0.39 is 0 Å². The number of hydrogen-bond acceptors (Lipinski definition) is 2. The molecule has 0 bridgehead atoms. The Kier molecular flexibility index (Phi) is 6.29. The second-order valence-corrected chi connectivity index (χ2v) is 4.76. The highest BCUT2D eigenvalue weighted by molar-refractivity contribution is 14.1. The van der Waals surface area contributed by atoms with E-state index in [1.165, 1.54) is 25.7 Å².